The summed E-state index contributed by atoms with van der Waals surface area (Å²) in [5.41, 5.74) is 3.59. The van der Waals surface area contributed by atoms with Crippen molar-refractivity contribution in [1.29, 1.82) is 0 Å². The fourth-order valence-electron chi connectivity index (χ4n) is 4.54. The smallest absolute Gasteiger partial charge is 0.340 e. The lowest BCUT2D eigenvalue weighted by atomic mass is 10.0. The Labute approximate surface area is 284 Å². The number of aromatic nitrogens is 1. The van der Waals surface area contributed by atoms with Crippen LogP contribution in [0.15, 0.2) is 97.1 Å². The van der Waals surface area contributed by atoms with E-state index < -0.39 is 23.6 Å². The molecule has 10 nitrogen and oxygen atoms in total. The normalized spacial score (nSPS) is 11.3. The Morgan fingerprint density at radius 2 is 1.40 bits per heavy atom. The number of para-hydroxylation sites is 2. The predicted molar refractivity (Wildman–Crippen MR) is 181 cm³/mol. The van der Waals surface area contributed by atoms with Crippen molar-refractivity contribution in [2.45, 2.75) is 19.8 Å². The molecule has 1 aromatic heterocycles. The van der Waals surface area contributed by atoms with Gasteiger partial charge in [-0.1, -0.05) is 77.8 Å². The molecule has 0 atom stereocenters. The van der Waals surface area contributed by atoms with Gasteiger partial charge in [0.15, 0.2) is 11.5 Å². The van der Waals surface area contributed by atoms with Gasteiger partial charge in [0.05, 0.1) is 22.5 Å². The second kappa shape index (κ2) is 16.3. The molecule has 6 rings (SSSR count). The number of Topliss-reactive ketones (excluding diaryl/α,β-unsaturated/α-hetero) is 2. The number of hydrogen-bond acceptors (Lipinski definition) is 8. The highest BCUT2D eigenvalue weighted by Gasteiger charge is 2.26. The van der Waals surface area contributed by atoms with E-state index in [0.717, 1.165) is 11.1 Å². The van der Waals surface area contributed by atoms with Crippen LogP contribution in [-0.2, 0) is 32.0 Å². The third-order valence-corrected chi connectivity index (χ3v) is 7.32. The number of esters is 1. The molecule has 244 valence electrons. The van der Waals surface area contributed by atoms with Crippen LogP contribution in [0.25, 0.3) is 10.9 Å². The first-order chi connectivity index (χ1) is 22.9. The number of aromatic hydroxyl groups is 1. The van der Waals surface area contributed by atoms with Crippen LogP contribution in [0.2, 0.25) is 10.0 Å². The number of benzene rings is 4. The van der Waals surface area contributed by atoms with Gasteiger partial charge >= 0.3 is 11.9 Å². The molecule has 4 aromatic carbocycles. The Morgan fingerprint density at radius 1 is 0.812 bits per heavy atom. The number of carbonyl (C=O) groups is 5. The van der Waals surface area contributed by atoms with Crippen LogP contribution in [0.1, 0.15) is 44.5 Å². The van der Waals surface area contributed by atoms with Crippen LogP contribution in [0.5, 0.6) is 5.75 Å². The number of ether oxygens (including phenoxy) is 1. The van der Waals surface area contributed by atoms with Crippen molar-refractivity contribution < 1.29 is 38.9 Å². The molecule has 1 aliphatic heterocycles. The molecular weight excluding hydrogens is 659 g/mol. The second-order valence-electron chi connectivity index (χ2n) is 10.4. The van der Waals surface area contributed by atoms with Crippen LogP contribution in [0, 0.1) is 0 Å². The highest BCUT2D eigenvalue weighted by molar-refractivity contribution is 6.51. The minimum Gasteiger partial charge on any atom is -0.505 e. The third-order valence-electron chi connectivity index (χ3n) is 6.81. The van der Waals surface area contributed by atoms with Gasteiger partial charge in [-0.15, -0.1) is 0 Å². The zero-order valence-electron chi connectivity index (χ0n) is 25.4. The number of carbonyl (C=O) groups excluding carboxylic acids is 4. The summed E-state index contributed by atoms with van der Waals surface area (Å²) in [6.45, 7) is 1.10. The Balaban J connectivity index is 0.000000174. The number of rotatable bonds is 7. The highest BCUT2D eigenvalue weighted by Crippen LogP contribution is 2.30. The standard InChI is InChI=1S/C17H12ClNO3.C11H11ClO3.C8H5NO2/c18-11-7-5-10(6-8-11)9-14-16(20)15(17(21)22)12-3-1-2-4-13(12)19-14;1-8(13)15-7-11(14)6-9-2-4-10(12)5-3-9;10-7-5-3-1-2-4-6(5)9-8(7)11/h1-8,20H,9H2,(H,21,22);2-5H,6-7H2,1H3;1-4H,(H,9,10,11). The Morgan fingerprint density at radius 3 is 2.00 bits per heavy atom. The molecule has 48 heavy (non-hydrogen) atoms. The van der Waals surface area contributed by atoms with E-state index in [1.807, 2.05) is 12.1 Å². The van der Waals surface area contributed by atoms with Gasteiger partial charge in [-0.05, 0) is 53.6 Å². The number of aromatic carboxylic acids is 1. The predicted octanol–water partition coefficient (Wildman–Crippen LogP) is 6.72. The summed E-state index contributed by atoms with van der Waals surface area (Å²) >= 11 is 11.5. The number of pyridine rings is 1. The average molecular weight is 688 g/mol. The Hall–Kier alpha value is -5.58. The lowest BCUT2D eigenvalue weighted by molar-refractivity contribution is -0.145. The Kier molecular flexibility index (Phi) is 12.0. The number of nitrogens with one attached hydrogen (secondary N) is 1. The van der Waals surface area contributed by atoms with Gasteiger partial charge in [-0.2, -0.15) is 0 Å². The molecule has 0 saturated heterocycles. The molecule has 12 heteroatoms. The first-order valence-corrected chi connectivity index (χ1v) is 15.1. The molecule has 2 heterocycles. The largest absolute Gasteiger partial charge is 0.505 e. The van der Waals surface area contributed by atoms with Crippen molar-refractivity contribution in [1.82, 2.24) is 4.98 Å². The molecule has 5 aromatic rings. The van der Waals surface area contributed by atoms with Gasteiger partial charge in [0, 0.05) is 35.2 Å². The molecule has 3 N–H and O–H groups in total. The lowest BCUT2D eigenvalue weighted by Crippen LogP contribution is -2.13. The van der Waals surface area contributed by atoms with Gasteiger partial charge in [0.25, 0.3) is 11.7 Å². The summed E-state index contributed by atoms with van der Waals surface area (Å²) < 4.78 is 4.59. The van der Waals surface area contributed by atoms with Crippen LogP contribution >= 0.6 is 23.2 Å². The molecule has 0 bridgehead atoms. The monoisotopic (exact) mass is 686 g/mol. The highest BCUT2D eigenvalue weighted by atomic mass is 35.5. The van der Waals surface area contributed by atoms with Crippen molar-refractivity contribution in [2.24, 2.45) is 0 Å². The number of anilines is 1. The summed E-state index contributed by atoms with van der Waals surface area (Å²) in [4.78, 5) is 59.4. The minimum atomic E-state index is -1.17. The van der Waals surface area contributed by atoms with Crippen LogP contribution in [0.4, 0.5) is 5.69 Å². The molecule has 1 aliphatic rings. The molecule has 0 unspecified atom stereocenters. The number of carboxylic acid groups (broad SMARTS) is 1. The number of amides is 1. The number of carboxylic acids is 1. The van der Waals surface area contributed by atoms with Crippen molar-refractivity contribution in [3.63, 3.8) is 0 Å². The summed E-state index contributed by atoms with van der Waals surface area (Å²) in [6.07, 6.45) is 0.582. The fraction of sp³-hybridized carbons (Fsp3) is 0.111. The van der Waals surface area contributed by atoms with E-state index in [2.05, 4.69) is 15.0 Å². The molecule has 0 saturated carbocycles. The van der Waals surface area contributed by atoms with E-state index >= 15 is 0 Å². The van der Waals surface area contributed by atoms with Crippen molar-refractivity contribution in [3.8, 4) is 5.75 Å². The van der Waals surface area contributed by atoms with Gasteiger partial charge in [0.2, 0.25) is 0 Å². The fourth-order valence-corrected chi connectivity index (χ4v) is 4.79. The van der Waals surface area contributed by atoms with Crippen molar-refractivity contribution >= 4 is 69.2 Å². The number of fused-ring (bicyclic) bond motifs is 2. The van der Waals surface area contributed by atoms with Crippen LogP contribution in [-0.4, -0.2) is 51.2 Å². The van der Waals surface area contributed by atoms with E-state index in [1.54, 1.807) is 84.9 Å². The Bertz CT molecular complexity index is 1990. The lowest BCUT2D eigenvalue weighted by Gasteiger charge is -2.10. The maximum atomic E-state index is 11.5. The SMILES string of the molecule is CC(=O)OCC(=O)Cc1ccc(Cl)cc1.O=C(O)c1c(O)c(Cc2ccc(Cl)cc2)nc2ccccc12.O=C1Nc2ccccc2C1=O. The summed E-state index contributed by atoms with van der Waals surface area (Å²) in [7, 11) is 0. The van der Waals surface area contributed by atoms with Gasteiger partial charge in [-0.25, -0.2) is 9.78 Å². The minimum absolute atomic E-state index is 0.116. The first kappa shape index (κ1) is 35.3. The first-order valence-electron chi connectivity index (χ1n) is 14.4. The zero-order valence-corrected chi connectivity index (χ0v) is 26.9. The van der Waals surface area contributed by atoms with E-state index in [4.69, 9.17) is 23.2 Å². The molecule has 0 aliphatic carbocycles. The van der Waals surface area contributed by atoms with E-state index in [1.165, 1.54) is 6.92 Å². The molecule has 0 radical (unpaired) electrons. The molecule has 0 spiro atoms. The van der Waals surface area contributed by atoms with Gasteiger partial charge in [-0.3, -0.25) is 19.2 Å². The summed E-state index contributed by atoms with van der Waals surface area (Å²) in [6, 6.07) is 27.8. The number of nitrogens with zero attached hydrogens (tertiary/aromatic N) is 1. The van der Waals surface area contributed by atoms with Gasteiger partial charge in [0.1, 0.15) is 12.2 Å². The maximum Gasteiger partial charge on any atom is 0.340 e. The zero-order chi connectivity index (χ0) is 34.8. The van der Waals surface area contributed by atoms with Crippen molar-refractivity contribution in [2.75, 3.05) is 11.9 Å². The molecular formula is C36H28Cl2N2O8. The topological polar surface area (TPSA) is 160 Å². The third kappa shape index (κ3) is 9.47. The number of hydrogen-bond donors (Lipinski definition) is 3. The maximum absolute atomic E-state index is 11.5. The van der Waals surface area contributed by atoms with Crippen LogP contribution < -0.4 is 5.32 Å². The van der Waals surface area contributed by atoms with E-state index in [0.29, 0.717) is 44.3 Å². The van der Waals surface area contributed by atoms with Crippen molar-refractivity contribution in [3.05, 3.63) is 135 Å². The van der Waals surface area contributed by atoms with Crippen LogP contribution in [0.3, 0.4) is 0 Å². The molecule has 1 amide bonds. The number of halogens is 2. The average Bonchev–Trinajstić information content (AvgIpc) is 3.35. The molecule has 0 fully saturated rings. The summed E-state index contributed by atoms with van der Waals surface area (Å²) in [5.74, 6) is -3.02. The van der Waals surface area contributed by atoms with E-state index in [-0.39, 0.29) is 30.1 Å². The second-order valence-corrected chi connectivity index (χ2v) is 11.2. The summed E-state index contributed by atoms with van der Waals surface area (Å²) in [5, 5.41) is 23.8. The van der Waals surface area contributed by atoms with Gasteiger partial charge < -0.3 is 20.3 Å². The number of ketones is 2. The quantitative estimate of drug-likeness (QED) is 0.125. The van der Waals surface area contributed by atoms with E-state index in [9.17, 15) is 34.2 Å².